The first kappa shape index (κ1) is 16.4. The largest absolute Gasteiger partial charge is 0.485 e. The zero-order chi connectivity index (χ0) is 16.1. The van der Waals surface area contributed by atoms with Crippen molar-refractivity contribution in [1.29, 1.82) is 0 Å². The lowest BCUT2D eigenvalue weighted by molar-refractivity contribution is -0.0235. The van der Waals surface area contributed by atoms with E-state index in [1.165, 1.54) is 0 Å². The molecule has 0 spiro atoms. The summed E-state index contributed by atoms with van der Waals surface area (Å²) in [5.74, 6) is 1.79. The summed E-state index contributed by atoms with van der Waals surface area (Å²) in [7, 11) is 4.00. The smallest absolute Gasteiger partial charge is 0.189 e. The van der Waals surface area contributed by atoms with E-state index in [1.807, 2.05) is 62.3 Å². The monoisotopic (exact) mass is 299 g/mol. The number of benzene rings is 2. The van der Waals surface area contributed by atoms with E-state index >= 15 is 0 Å². The standard InChI is InChI=1S/C19H25NO2/c1-14-10-6-8-12-17(14)21-16(3)19(20(4)5)22-18-13-9-7-11-15(18)2/h6-13,16,19H,1-5H3. The molecule has 0 fully saturated rings. The van der Waals surface area contributed by atoms with Crippen LogP contribution in [-0.4, -0.2) is 31.3 Å². The molecular weight excluding hydrogens is 274 g/mol. The van der Waals surface area contributed by atoms with Crippen LogP contribution >= 0.6 is 0 Å². The number of likely N-dealkylation sites (N-methyl/N-ethyl adjacent to an activating group) is 1. The van der Waals surface area contributed by atoms with Gasteiger partial charge in [-0.15, -0.1) is 0 Å². The van der Waals surface area contributed by atoms with Crippen LogP contribution in [0.1, 0.15) is 18.1 Å². The van der Waals surface area contributed by atoms with Gasteiger partial charge in [0.25, 0.3) is 0 Å². The van der Waals surface area contributed by atoms with Crippen LogP contribution in [0.2, 0.25) is 0 Å². The molecule has 22 heavy (non-hydrogen) atoms. The van der Waals surface area contributed by atoms with Gasteiger partial charge in [-0.05, 0) is 58.1 Å². The Kier molecular flexibility index (Phi) is 5.45. The quantitative estimate of drug-likeness (QED) is 0.752. The number of rotatable bonds is 6. The Bertz CT molecular complexity index is 610. The van der Waals surface area contributed by atoms with E-state index in [9.17, 15) is 0 Å². The van der Waals surface area contributed by atoms with E-state index < -0.39 is 0 Å². The minimum absolute atomic E-state index is 0.101. The van der Waals surface area contributed by atoms with E-state index in [4.69, 9.17) is 9.47 Å². The molecule has 0 aliphatic rings. The van der Waals surface area contributed by atoms with Crippen LogP contribution in [0.5, 0.6) is 11.5 Å². The van der Waals surface area contributed by atoms with Gasteiger partial charge in [0.15, 0.2) is 6.23 Å². The van der Waals surface area contributed by atoms with Crippen LogP contribution in [0.3, 0.4) is 0 Å². The van der Waals surface area contributed by atoms with Crippen molar-refractivity contribution >= 4 is 0 Å². The molecule has 0 heterocycles. The molecule has 0 bridgehead atoms. The molecule has 0 saturated heterocycles. The number of aryl methyl sites for hydroxylation is 2. The molecule has 3 nitrogen and oxygen atoms in total. The third-order valence-corrected chi connectivity index (χ3v) is 3.66. The third kappa shape index (κ3) is 4.01. The van der Waals surface area contributed by atoms with E-state index in [0.717, 1.165) is 22.6 Å². The van der Waals surface area contributed by atoms with Gasteiger partial charge >= 0.3 is 0 Å². The van der Waals surface area contributed by atoms with Crippen molar-refractivity contribution in [3.8, 4) is 11.5 Å². The predicted molar refractivity (Wildman–Crippen MR) is 90.6 cm³/mol. The van der Waals surface area contributed by atoms with Crippen LogP contribution in [0.4, 0.5) is 0 Å². The van der Waals surface area contributed by atoms with Gasteiger partial charge in [-0.3, -0.25) is 4.90 Å². The molecular formula is C19H25NO2. The fourth-order valence-corrected chi connectivity index (χ4v) is 2.39. The molecule has 2 atom stereocenters. The first-order chi connectivity index (χ1) is 10.5. The molecule has 0 aliphatic carbocycles. The minimum Gasteiger partial charge on any atom is -0.485 e. The van der Waals surface area contributed by atoms with Crippen molar-refractivity contribution in [2.45, 2.75) is 33.1 Å². The van der Waals surface area contributed by atoms with Crippen molar-refractivity contribution in [3.63, 3.8) is 0 Å². The van der Waals surface area contributed by atoms with E-state index in [-0.39, 0.29) is 12.3 Å². The lowest BCUT2D eigenvalue weighted by Crippen LogP contribution is -2.45. The highest BCUT2D eigenvalue weighted by Gasteiger charge is 2.24. The van der Waals surface area contributed by atoms with E-state index in [1.54, 1.807) is 0 Å². The topological polar surface area (TPSA) is 21.7 Å². The molecule has 2 rings (SSSR count). The molecule has 0 saturated carbocycles. The Labute approximate surface area is 133 Å². The van der Waals surface area contributed by atoms with Gasteiger partial charge in [0.05, 0.1) is 0 Å². The molecule has 0 N–H and O–H groups in total. The Hall–Kier alpha value is -2.00. The molecule has 2 unspecified atom stereocenters. The summed E-state index contributed by atoms with van der Waals surface area (Å²) in [5.41, 5.74) is 2.25. The summed E-state index contributed by atoms with van der Waals surface area (Å²) >= 11 is 0. The SMILES string of the molecule is Cc1ccccc1OC(C)C(Oc1ccccc1C)N(C)C. The third-order valence-electron chi connectivity index (χ3n) is 3.66. The average molecular weight is 299 g/mol. The number of ether oxygens (including phenoxy) is 2. The highest BCUT2D eigenvalue weighted by molar-refractivity contribution is 5.33. The second kappa shape index (κ2) is 7.32. The summed E-state index contributed by atoms with van der Waals surface area (Å²) in [4.78, 5) is 2.04. The molecule has 118 valence electrons. The first-order valence-corrected chi connectivity index (χ1v) is 7.60. The fraction of sp³-hybridized carbons (Fsp3) is 0.368. The maximum atomic E-state index is 6.18. The maximum absolute atomic E-state index is 6.18. The van der Waals surface area contributed by atoms with Crippen LogP contribution < -0.4 is 9.47 Å². The Balaban J connectivity index is 2.14. The number of hydrogen-bond donors (Lipinski definition) is 0. The number of hydrogen-bond acceptors (Lipinski definition) is 3. The first-order valence-electron chi connectivity index (χ1n) is 7.60. The average Bonchev–Trinajstić information content (AvgIpc) is 2.48. The van der Waals surface area contributed by atoms with Gasteiger partial charge in [0, 0.05) is 0 Å². The highest BCUT2D eigenvalue weighted by Crippen LogP contribution is 2.23. The maximum Gasteiger partial charge on any atom is 0.189 e. The lowest BCUT2D eigenvalue weighted by Gasteiger charge is -2.31. The second-order valence-electron chi connectivity index (χ2n) is 5.83. The molecule has 2 aromatic carbocycles. The molecule has 0 aliphatic heterocycles. The fourth-order valence-electron chi connectivity index (χ4n) is 2.39. The van der Waals surface area contributed by atoms with Crippen molar-refractivity contribution in [2.24, 2.45) is 0 Å². The second-order valence-corrected chi connectivity index (χ2v) is 5.83. The summed E-state index contributed by atoms with van der Waals surface area (Å²) in [6, 6.07) is 16.1. The molecule has 2 aromatic rings. The lowest BCUT2D eigenvalue weighted by atomic mass is 10.2. The molecule has 0 radical (unpaired) electrons. The van der Waals surface area contributed by atoms with Gasteiger partial charge in [-0.25, -0.2) is 0 Å². The summed E-state index contributed by atoms with van der Waals surface area (Å²) in [6.07, 6.45) is -0.267. The van der Waals surface area contributed by atoms with Crippen molar-refractivity contribution in [1.82, 2.24) is 4.90 Å². The van der Waals surface area contributed by atoms with Crippen molar-refractivity contribution in [3.05, 3.63) is 59.7 Å². The van der Waals surface area contributed by atoms with Gasteiger partial charge in [0.1, 0.15) is 17.6 Å². The van der Waals surface area contributed by atoms with Crippen LogP contribution in [0.25, 0.3) is 0 Å². The number of nitrogens with zero attached hydrogens (tertiary/aromatic N) is 1. The zero-order valence-corrected chi connectivity index (χ0v) is 14.0. The summed E-state index contributed by atoms with van der Waals surface area (Å²) < 4.78 is 12.3. The van der Waals surface area contributed by atoms with Crippen molar-refractivity contribution in [2.75, 3.05) is 14.1 Å². The highest BCUT2D eigenvalue weighted by atomic mass is 16.6. The molecule has 0 aromatic heterocycles. The Morgan fingerprint density at radius 2 is 1.23 bits per heavy atom. The minimum atomic E-state index is -0.166. The normalized spacial score (nSPS) is 13.7. The van der Waals surface area contributed by atoms with Crippen molar-refractivity contribution < 1.29 is 9.47 Å². The molecule has 3 heteroatoms. The molecule has 0 amide bonds. The van der Waals surface area contributed by atoms with Gasteiger partial charge in [-0.2, -0.15) is 0 Å². The van der Waals surface area contributed by atoms with Gasteiger partial charge < -0.3 is 9.47 Å². The number of para-hydroxylation sites is 2. The Morgan fingerprint density at radius 3 is 1.68 bits per heavy atom. The van der Waals surface area contributed by atoms with Gasteiger partial charge in [-0.1, -0.05) is 36.4 Å². The summed E-state index contributed by atoms with van der Waals surface area (Å²) in [6.45, 7) is 6.14. The predicted octanol–water partition coefficient (Wildman–Crippen LogP) is 4.04. The van der Waals surface area contributed by atoms with Crippen LogP contribution in [-0.2, 0) is 0 Å². The van der Waals surface area contributed by atoms with Crippen LogP contribution in [0, 0.1) is 13.8 Å². The Morgan fingerprint density at radius 1 is 0.773 bits per heavy atom. The van der Waals surface area contributed by atoms with Crippen LogP contribution in [0.15, 0.2) is 48.5 Å². The van der Waals surface area contributed by atoms with Gasteiger partial charge in [0.2, 0.25) is 0 Å². The van der Waals surface area contributed by atoms with E-state index in [0.29, 0.717) is 0 Å². The van der Waals surface area contributed by atoms with E-state index in [2.05, 4.69) is 26.0 Å². The summed E-state index contributed by atoms with van der Waals surface area (Å²) in [5, 5.41) is 0. The zero-order valence-electron chi connectivity index (χ0n) is 14.0.